The standard InChI is InChI=1S/C23H29NO6/c1-7-17(16-9-11-18(26-2)20(14-16)28-4)24-21(25)13-10-15-8-12-19(27-3)23(30-6)22(15)29-5/h8-14,17H,7H2,1-6H3,(H,24,25)/b13-10+/t17-/m0/s1. The Morgan fingerprint density at radius 2 is 1.50 bits per heavy atom. The van der Waals surface area contributed by atoms with E-state index in [1.165, 1.54) is 13.2 Å². The van der Waals surface area contributed by atoms with Gasteiger partial charge in [-0.25, -0.2) is 0 Å². The summed E-state index contributed by atoms with van der Waals surface area (Å²) in [5.74, 6) is 2.55. The molecule has 0 aromatic heterocycles. The molecule has 0 aliphatic heterocycles. The first kappa shape index (κ1) is 22.9. The average molecular weight is 415 g/mol. The van der Waals surface area contributed by atoms with Crippen LogP contribution < -0.4 is 29.0 Å². The predicted molar refractivity (Wildman–Crippen MR) is 116 cm³/mol. The van der Waals surface area contributed by atoms with E-state index >= 15 is 0 Å². The first-order valence-electron chi connectivity index (χ1n) is 9.52. The minimum atomic E-state index is -0.228. The molecule has 7 heteroatoms. The molecule has 0 radical (unpaired) electrons. The van der Waals surface area contributed by atoms with Crippen LogP contribution in [0, 0.1) is 0 Å². The van der Waals surface area contributed by atoms with E-state index in [1.807, 2.05) is 25.1 Å². The largest absolute Gasteiger partial charge is 0.493 e. The van der Waals surface area contributed by atoms with Crippen LogP contribution in [0.5, 0.6) is 28.7 Å². The number of amides is 1. The van der Waals surface area contributed by atoms with Crippen molar-refractivity contribution in [2.45, 2.75) is 19.4 Å². The van der Waals surface area contributed by atoms with Crippen molar-refractivity contribution in [1.82, 2.24) is 5.32 Å². The molecule has 0 heterocycles. The third kappa shape index (κ3) is 5.17. The van der Waals surface area contributed by atoms with E-state index in [4.69, 9.17) is 23.7 Å². The Morgan fingerprint density at radius 1 is 0.867 bits per heavy atom. The number of hydrogen-bond donors (Lipinski definition) is 1. The summed E-state index contributed by atoms with van der Waals surface area (Å²) in [5, 5.41) is 3.01. The molecule has 1 N–H and O–H groups in total. The number of methoxy groups -OCH3 is 5. The maximum atomic E-state index is 12.6. The summed E-state index contributed by atoms with van der Waals surface area (Å²) in [7, 11) is 7.80. The smallest absolute Gasteiger partial charge is 0.244 e. The van der Waals surface area contributed by atoms with Crippen LogP contribution >= 0.6 is 0 Å². The topological polar surface area (TPSA) is 75.3 Å². The molecule has 162 valence electrons. The third-order valence-electron chi connectivity index (χ3n) is 4.68. The SMILES string of the molecule is CC[C@H](NC(=O)/C=C/c1ccc(OC)c(OC)c1OC)c1ccc(OC)c(OC)c1. The molecule has 0 aliphatic carbocycles. The molecule has 2 aromatic rings. The highest BCUT2D eigenvalue weighted by atomic mass is 16.5. The second kappa shape index (κ2) is 11.0. The van der Waals surface area contributed by atoms with Crippen molar-refractivity contribution in [3.63, 3.8) is 0 Å². The molecule has 1 amide bonds. The summed E-state index contributed by atoms with van der Waals surface area (Å²) in [6.07, 6.45) is 3.86. The lowest BCUT2D eigenvalue weighted by molar-refractivity contribution is -0.117. The van der Waals surface area contributed by atoms with Crippen molar-refractivity contribution in [3.05, 3.63) is 47.5 Å². The van der Waals surface area contributed by atoms with E-state index < -0.39 is 0 Å². The molecule has 7 nitrogen and oxygen atoms in total. The monoisotopic (exact) mass is 415 g/mol. The fourth-order valence-corrected chi connectivity index (χ4v) is 3.13. The van der Waals surface area contributed by atoms with Gasteiger partial charge in [-0.3, -0.25) is 4.79 Å². The maximum absolute atomic E-state index is 12.6. The van der Waals surface area contributed by atoms with Gasteiger partial charge in [0, 0.05) is 11.6 Å². The predicted octanol–water partition coefficient (Wildman–Crippen LogP) is 4.01. The number of ether oxygens (including phenoxy) is 5. The third-order valence-corrected chi connectivity index (χ3v) is 4.68. The number of carbonyl (C=O) groups excluding carboxylic acids is 1. The molecule has 30 heavy (non-hydrogen) atoms. The van der Waals surface area contributed by atoms with Crippen LogP contribution in [-0.2, 0) is 4.79 Å². The minimum Gasteiger partial charge on any atom is -0.493 e. The van der Waals surface area contributed by atoms with Gasteiger partial charge in [-0.1, -0.05) is 13.0 Å². The number of hydrogen-bond acceptors (Lipinski definition) is 6. The molecular weight excluding hydrogens is 386 g/mol. The van der Waals surface area contributed by atoms with Gasteiger partial charge in [-0.15, -0.1) is 0 Å². The van der Waals surface area contributed by atoms with Crippen LogP contribution in [0.15, 0.2) is 36.4 Å². The van der Waals surface area contributed by atoms with Crippen LogP contribution in [0.1, 0.15) is 30.5 Å². The van der Waals surface area contributed by atoms with Crippen molar-refractivity contribution >= 4 is 12.0 Å². The van der Waals surface area contributed by atoms with Crippen molar-refractivity contribution in [3.8, 4) is 28.7 Å². The summed E-state index contributed by atoms with van der Waals surface area (Å²) in [5.41, 5.74) is 1.63. The summed E-state index contributed by atoms with van der Waals surface area (Å²) >= 11 is 0. The van der Waals surface area contributed by atoms with Gasteiger partial charge in [-0.05, 0) is 42.3 Å². The van der Waals surface area contributed by atoms with Crippen LogP contribution in [0.25, 0.3) is 6.08 Å². The van der Waals surface area contributed by atoms with E-state index in [-0.39, 0.29) is 11.9 Å². The molecule has 0 fully saturated rings. The molecule has 2 aromatic carbocycles. The molecule has 0 unspecified atom stereocenters. The molecule has 0 bridgehead atoms. The van der Waals surface area contributed by atoms with Gasteiger partial charge in [-0.2, -0.15) is 0 Å². The Morgan fingerprint density at radius 3 is 2.07 bits per heavy atom. The Labute approximate surface area is 177 Å². The van der Waals surface area contributed by atoms with E-state index in [9.17, 15) is 4.79 Å². The number of nitrogens with one attached hydrogen (secondary N) is 1. The molecule has 0 spiro atoms. The molecule has 1 atom stereocenters. The van der Waals surface area contributed by atoms with Crippen LogP contribution in [0.4, 0.5) is 0 Å². The zero-order valence-corrected chi connectivity index (χ0v) is 18.3. The van der Waals surface area contributed by atoms with Crippen LogP contribution in [-0.4, -0.2) is 41.5 Å². The van der Waals surface area contributed by atoms with Gasteiger partial charge in [0.15, 0.2) is 23.0 Å². The quantitative estimate of drug-likeness (QED) is 0.591. The Kier molecular flexibility index (Phi) is 8.41. The van der Waals surface area contributed by atoms with Gasteiger partial charge < -0.3 is 29.0 Å². The zero-order chi connectivity index (χ0) is 22.1. The van der Waals surface area contributed by atoms with Gasteiger partial charge in [0.2, 0.25) is 11.7 Å². The van der Waals surface area contributed by atoms with Gasteiger partial charge in [0.05, 0.1) is 41.6 Å². The number of carbonyl (C=O) groups is 1. The van der Waals surface area contributed by atoms with Crippen molar-refractivity contribution in [2.75, 3.05) is 35.5 Å². The lowest BCUT2D eigenvalue weighted by atomic mass is 10.0. The number of benzene rings is 2. The fraction of sp³-hybridized carbons (Fsp3) is 0.348. The lowest BCUT2D eigenvalue weighted by Gasteiger charge is -2.18. The van der Waals surface area contributed by atoms with E-state index in [0.29, 0.717) is 34.3 Å². The minimum absolute atomic E-state index is 0.172. The molecule has 0 aliphatic rings. The second-order valence-corrected chi connectivity index (χ2v) is 6.34. The highest BCUT2D eigenvalue weighted by molar-refractivity contribution is 5.92. The average Bonchev–Trinajstić information content (AvgIpc) is 2.79. The lowest BCUT2D eigenvalue weighted by Crippen LogP contribution is -2.26. The molecule has 0 saturated heterocycles. The second-order valence-electron chi connectivity index (χ2n) is 6.34. The summed E-state index contributed by atoms with van der Waals surface area (Å²) < 4.78 is 26.7. The first-order valence-corrected chi connectivity index (χ1v) is 9.52. The van der Waals surface area contributed by atoms with Gasteiger partial charge >= 0.3 is 0 Å². The van der Waals surface area contributed by atoms with Crippen molar-refractivity contribution in [2.24, 2.45) is 0 Å². The number of rotatable bonds is 10. The Hall–Kier alpha value is -3.35. The fourth-order valence-electron chi connectivity index (χ4n) is 3.13. The van der Waals surface area contributed by atoms with Gasteiger partial charge in [0.1, 0.15) is 0 Å². The highest BCUT2D eigenvalue weighted by Gasteiger charge is 2.16. The maximum Gasteiger partial charge on any atom is 0.244 e. The van der Waals surface area contributed by atoms with Crippen molar-refractivity contribution < 1.29 is 28.5 Å². The van der Waals surface area contributed by atoms with E-state index in [2.05, 4.69) is 5.32 Å². The first-order chi connectivity index (χ1) is 14.5. The van der Waals surface area contributed by atoms with Gasteiger partial charge in [0.25, 0.3) is 0 Å². The Bertz CT molecular complexity index is 894. The highest BCUT2D eigenvalue weighted by Crippen LogP contribution is 2.40. The van der Waals surface area contributed by atoms with Crippen LogP contribution in [0.2, 0.25) is 0 Å². The van der Waals surface area contributed by atoms with E-state index in [0.717, 1.165) is 12.0 Å². The van der Waals surface area contributed by atoms with E-state index in [1.54, 1.807) is 46.6 Å². The Balaban J connectivity index is 2.21. The van der Waals surface area contributed by atoms with Crippen LogP contribution in [0.3, 0.4) is 0 Å². The zero-order valence-electron chi connectivity index (χ0n) is 18.3. The molecule has 0 saturated carbocycles. The van der Waals surface area contributed by atoms with Crippen molar-refractivity contribution in [1.29, 1.82) is 0 Å². The summed E-state index contributed by atoms with van der Waals surface area (Å²) in [6, 6.07) is 9.00. The molecular formula is C23H29NO6. The summed E-state index contributed by atoms with van der Waals surface area (Å²) in [4.78, 5) is 12.6. The molecule has 2 rings (SSSR count). The normalized spacial score (nSPS) is 11.7. The summed E-state index contributed by atoms with van der Waals surface area (Å²) in [6.45, 7) is 2.00.